The van der Waals surface area contributed by atoms with Crippen LogP contribution in [0.4, 0.5) is 17.1 Å². The van der Waals surface area contributed by atoms with Gasteiger partial charge in [-0.25, -0.2) is 0 Å². The molecular formula is C21H21N3O2. The number of aromatic nitrogens is 1. The van der Waals surface area contributed by atoms with Crippen molar-refractivity contribution < 1.29 is 9.53 Å². The lowest BCUT2D eigenvalue weighted by atomic mass is 10.1. The molecule has 0 unspecified atom stereocenters. The van der Waals surface area contributed by atoms with E-state index in [2.05, 4.69) is 15.6 Å². The SMILES string of the molecule is COc1cccc(Nc2cncc(C(=O)Nc3cccc(C)c3C)c2)c1. The number of hydrogen-bond acceptors (Lipinski definition) is 4. The summed E-state index contributed by atoms with van der Waals surface area (Å²) in [6.07, 6.45) is 3.23. The first-order chi connectivity index (χ1) is 12.6. The molecular weight excluding hydrogens is 326 g/mol. The summed E-state index contributed by atoms with van der Waals surface area (Å²) in [7, 11) is 1.62. The van der Waals surface area contributed by atoms with E-state index in [-0.39, 0.29) is 5.91 Å². The maximum atomic E-state index is 12.6. The van der Waals surface area contributed by atoms with Crippen LogP contribution < -0.4 is 15.4 Å². The molecule has 1 aromatic heterocycles. The average Bonchev–Trinajstić information content (AvgIpc) is 2.66. The first-order valence-electron chi connectivity index (χ1n) is 8.30. The molecule has 0 saturated heterocycles. The van der Waals surface area contributed by atoms with Crippen molar-refractivity contribution in [2.45, 2.75) is 13.8 Å². The van der Waals surface area contributed by atoms with Crippen LogP contribution in [0, 0.1) is 13.8 Å². The molecule has 0 fully saturated rings. The molecule has 1 heterocycles. The predicted molar refractivity (Wildman–Crippen MR) is 104 cm³/mol. The average molecular weight is 347 g/mol. The Morgan fingerprint density at radius 2 is 1.81 bits per heavy atom. The summed E-state index contributed by atoms with van der Waals surface area (Å²) < 4.78 is 5.22. The van der Waals surface area contributed by atoms with Crippen LogP contribution in [-0.4, -0.2) is 18.0 Å². The van der Waals surface area contributed by atoms with E-state index in [0.29, 0.717) is 5.56 Å². The first kappa shape index (κ1) is 17.5. The highest BCUT2D eigenvalue weighted by Crippen LogP contribution is 2.22. The molecule has 0 radical (unpaired) electrons. The topological polar surface area (TPSA) is 63.2 Å². The molecule has 3 aromatic rings. The van der Waals surface area contributed by atoms with Crippen LogP contribution in [0.2, 0.25) is 0 Å². The third kappa shape index (κ3) is 4.00. The van der Waals surface area contributed by atoms with Gasteiger partial charge in [0.15, 0.2) is 0 Å². The van der Waals surface area contributed by atoms with Crippen molar-refractivity contribution in [2.75, 3.05) is 17.7 Å². The molecule has 132 valence electrons. The first-order valence-corrected chi connectivity index (χ1v) is 8.30. The number of nitrogens with zero attached hydrogens (tertiary/aromatic N) is 1. The number of amides is 1. The molecule has 3 rings (SSSR count). The lowest BCUT2D eigenvalue weighted by Crippen LogP contribution is -2.13. The Morgan fingerprint density at radius 1 is 1.00 bits per heavy atom. The maximum Gasteiger partial charge on any atom is 0.257 e. The molecule has 0 spiro atoms. The van der Waals surface area contributed by atoms with E-state index in [0.717, 1.165) is 33.9 Å². The highest BCUT2D eigenvalue weighted by atomic mass is 16.5. The second-order valence-electron chi connectivity index (χ2n) is 6.02. The number of benzene rings is 2. The zero-order valence-electron chi connectivity index (χ0n) is 15.0. The number of aryl methyl sites for hydroxylation is 1. The molecule has 1 amide bonds. The third-order valence-electron chi connectivity index (χ3n) is 4.21. The van der Waals surface area contributed by atoms with Gasteiger partial charge in [0.05, 0.1) is 24.6 Å². The maximum absolute atomic E-state index is 12.6. The smallest absolute Gasteiger partial charge is 0.257 e. The second kappa shape index (κ2) is 7.70. The molecule has 5 nitrogen and oxygen atoms in total. The van der Waals surface area contributed by atoms with Crippen LogP contribution in [0.15, 0.2) is 60.9 Å². The molecule has 26 heavy (non-hydrogen) atoms. The van der Waals surface area contributed by atoms with Crippen LogP contribution in [0.3, 0.4) is 0 Å². The molecule has 0 bridgehead atoms. The lowest BCUT2D eigenvalue weighted by molar-refractivity contribution is 0.102. The zero-order chi connectivity index (χ0) is 18.5. The van der Waals surface area contributed by atoms with Crippen molar-refractivity contribution in [1.82, 2.24) is 4.98 Å². The van der Waals surface area contributed by atoms with Crippen LogP contribution in [0.25, 0.3) is 0 Å². The minimum atomic E-state index is -0.194. The molecule has 5 heteroatoms. The highest BCUT2D eigenvalue weighted by Gasteiger charge is 2.10. The van der Waals surface area contributed by atoms with Gasteiger partial charge in [-0.1, -0.05) is 18.2 Å². The van der Waals surface area contributed by atoms with Crippen LogP contribution in [0.5, 0.6) is 5.75 Å². The minimum Gasteiger partial charge on any atom is -0.497 e. The minimum absolute atomic E-state index is 0.194. The van der Waals surface area contributed by atoms with Crippen LogP contribution in [0.1, 0.15) is 21.5 Å². The number of hydrogen-bond donors (Lipinski definition) is 2. The number of ether oxygens (including phenoxy) is 1. The van der Waals surface area contributed by atoms with Crippen molar-refractivity contribution in [3.05, 3.63) is 77.6 Å². The molecule has 2 N–H and O–H groups in total. The number of rotatable bonds is 5. The Labute approximate surface area is 153 Å². The highest BCUT2D eigenvalue weighted by molar-refractivity contribution is 6.05. The standard InChI is InChI=1S/C21H21N3O2/c1-14-6-4-9-20(15(14)2)24-21(25)16-10-18(13-22-12-16)23-17-7-5-8-19(11-17)26-3/h4-13,23H,1-3H3,(H,24,25). The zero-order valence-corrected chi connectivity index (χ0v) is 15.0. The van der Waals surface area contributed by atoms with Gasteiger partial charge < -0.3 is 15.4 Å². The number of pyridine rings is 1. The summed E-state index contributed by atoms with van der Waals surface area (Å²) in [6.45, 7) is 4.01. The Hall–Kier alpha value is -3.34. The number of carbonyl (C=O) groups is 1. The van der Waals surface area contributed by atoms with Gasteiger partial charge in [-0.05, 0) is 49.2 Å². The Kier molecular flexibility index (Phi) is 5.17. The van der Waals surface area contributed by atoms with Gasteiger partial charge in [-0.3, -0.25) is 9.78 Å². The fraction of sp³-hybridized carbons (Fsp3) is 0.143. The van der Waals surface area contributed by atoms with Crippen LogP contribution >= 0.6 is 0 Å². The second-order valence-corrected chi connectivity index (χ2v) is 6.02. The van der Waals surface area contributed by atoms with E-state index >= 15 is 0 Å². The van der Waals surface area contributed by atoms with Gasteiger partial charge in [0.2, 0.25) is 0 Å². The number of carbonyl (C=O) groups excluding carboxylic acids is 1. The Morgan fingerprint density at radius 3 is 2.62 bits per heavy atom. The van der Waals surface area contributed by atoms with E-state index in [1.165, 1.54) is 0 Å². The van der Waals surface area contributed by atoms with E-state index < -0.39 is 0 Å². The summed E-state index contributed by atoms with van der Waals surface area (Å²) in [5.74, 6) is 0.562. The fourth-order valence-electron chi connectivity index (χ4n) is 2.58. The van der Waals surface area contributed by atoms with Crippen molar-refractivity contribution >= 4 is 23.0 Å². The predicted octanol–water partition coefficient (Wildman–Crippen LogP) is 4.70. The number of anilines is 3. The van der Waals surface area contributed by atoms with Gasteiger partial charge >= 0.3 is 0 Å². The quantitative estimate of drug-likeness (QED) is 0.702. The summed E-state index contributed by atoms with van der Waals surface area (Å²) in [4.78, 5) is 16.8. The number of methoxy groups -OCH3 is 1. The Bertz CT molecular complexity index is 938. The monoisotopic (exact) mass is 347 g/mol. The van der Waals surface area contributed by atoms with E-state index in [4.69, 9.17) is 4.74 Å². The van der Waals surface area contributed by atoms with Gasteiger partial charge in [0.1, 0.15) is 5.75 Å². The lowest BCUT2D eigenvalue weighted by Gasteiger charge is -2.12. The largest absolute Gasteiger partial charge is 0.497 e. The molecule has 0 aliphatic heterocycles. The van der Waals surface area contributed by atoms with Gasteiger partial charge in [-0.15, -0.1) is 0 Å². The molecule has 0 aliphatic rings. The summed E-state index contributed by atoms with van der Waals surface area (Å²) in [5, 5.41) is 6.19. The fourth-order valence-corrected chi connectivity index (χ4v) is 2.58. The van der Waals surface area contributed by atoms with Crippen molar-refractivity contribution in [1.29, 1.82) is 0 Å². The van der Waals surface area contributed by atoms with Crippen LogP contribution in [-0.2, 0) is 0 Å². The van der Waals surface area contributed by atoms with Crippen molar-refractivity contribution in [3.8, 4) is 5.75 Å². The van der Waals surface area contributed by atoms with E-state index in [9.17, 15) is 4.79 Å². The third-order valence-corrected chi connectivity index (χ3v) is 4.21. The normalized spacial score (nSPS) is 10.3. The van der Waals surface area contributed by atoms with E-state index in [1.807, 2.05) is 56.3 Å². The summed E-state index contributed by atoms with van der Waals surface area (Å²) in [6, 6.07) is 15.2. The molecule has 0 aliphatic carbocycles. The van der Waals surface area contributed by atoms with Crippen molar-refractivity contribution in [3.63, 3.8) is 0 Å². The van der Waals surface area contributed by atoms with Crippen molar-refractivity contribution in [2.24, 2.45) is 0 Å². The van der Waals surface area contributed by atoms with Gasteiger partial charge in [0.25, 0.3) is 5.91 Å². The summed E-state index contributed by atoms with van der Waals surface area (Å²) >= 11 is 0. The van der Waals surface area contributed by atoms with Gasteiger partial charge in [0, 0.05) is 23.6 Å². The van der Waals surface area contributed by atoms with Gasteiger partial charge in [-0.2, -0.15) is 0 Å². The molecule has 0 saturated carbocycles. The number of nitrogens with one attached hydrogen (secondary N) is 2. The summed E-state index contributed by atoms with van der Waals surface area (Å²) in [5.41, 5.74) is 5.07. The molecule has 2 aromatic carbocycles. The molecule has 0 atom stereocenters. The van der Waals surface area contributed by atoms with E-state index in [1.54, 1.807) is 25.6 Å². The Balaban J connectivity index is 1.78.